The van der Waals surface area contributed by atoms with Crippen LogP contribution in [0.15, 0.2) is 12.1 Å². The van der Waals surface area contributed by atoms with Crippen molar-refractivity contribution in [2.24, 2.45) is 0 Å². The Balaban J connectivity index is 2.61. The lowest BCUT2D eigenvalue weighted by Crippen LogP contribution is -2.39. The summed E-state index contributed by atoms with van der Waals surface area (Å²) in [6.45, 7) is -1.19. The zero-order chi connectivity index (χ0) is 15.3. The third kappa shape index (κ3) is 4.47. The third-order valence-electron chi connectivity index (χ3n) is 2.10. The van der Waals surface area contributed by atoms with Crippen LogP contribution in [0.3, 0.4) is 0 Å². The molecule has 0 aromatic heterocycles. The van der Waals surface area contributed by atoms with Gasteiger partial charge in [0.25, 0.3) is 5.91 Å². The first-order valence-electron chi connectivity index (χ1n) is 5.22. The first-order chi connectivity index (χ1) is 9.31. The molecule has 0 aliphatic heterocycles. The molecule has 2 amide bonds. The van der Waals surface area contributed by atoms with E-state index in [0.29, 0.717) is 12.1 Å². The number of carboxylic acids is 1. The van der Waals surface area contributed by atoms with Gasteiger partial charge in [-0.2, -0.15) is 0 Å². The van der Waals surface area contributed by atoms with Crippen LogP contribution >= 0.6 is 11.6 Å². The molecule has 3 N–H and O–H groups in total. The van der Waals surface area contributed by atoms with E-state index in [1.807, 2.05) is 10.6 Å². The molecule has 0 unspecified atom stereocenters. The number of aliphatic carboxylic acids is 1. The van der Waals surface area contributed by atoms with E-state index in [0.717, 1.165) is 0 Å². The van der Waals surface area contributed by atoms with Crippen molar-refractivity contribution in [1.82, 2.24) is 10.6 Å². The largest absolute Gasteiger partial charge is 0.480 e. The minimum absolute atomic E-state index is 0.474. The lowest BCUT2D eigenvalue weighted by Gasteiger charge is -2.07. The second-order valence-electron chi connectivity index (χ2n) is 3.60. The summed E-state index contributed by atoms with van der Waals surface area (Å²) >= 11 is 5.32. The highest BCUT2D eigenvalue weighted by Crippen LogP contribution is 2.19. The Hall–Kier alpha value is -2.22. The number of hydrogen-bond acceptors (Lipinski definition) is 3. The molecule has 0 fully saturated rings. The van der Waals surface area contributed by atoms with Gasteiger partial charge < -0.3 is 15.7 Å². The maximum atomic E-state index is 13.4. The number of nitrogens with one attached hydrogen (secondary N) is 2. The predicted molar refractivity (Wildman–Crippen MR) is 64.3 cm³/mol. The Labute approximate surface area is 116 Å². The monoisotopic (exact) mass is 306 g/mol. The lowest BCUT2D eigenvalue weighted by molar-refractivity contribution is -0.137. The van der Waals surface area contributed by atoms with Crippen LogP contribution in [0, 0.1) is 11.6 Å². The van der Waals surface area contributed by atoms with Gasteiger partial charge >= 0.3 is 5.97 Å². The first-order valence-corrected chi connectivity index (χ1v) is 5.60. The molecule has 20 heavy (non-hydrogen) atoms. The van der Waals surface area contributed by atoms with Gasteiger partial charge in [-0.15, -0.1) is 0 Å². The van der Waals surface area contributed by atoms with Crippen LogP contribution in [0.25, 0.3) is 0 Å². The molecule has 0 saturated heterocycles. The van der Waals surface area contributed by atoms with Crippen LogP contribution < -0.4 is 10.6 Å². The van der Waals surface area contributed by atoms with Gasteiger partial charge in [0.05, 0.1) is 17.1 Å². The number of benzene rings is 1. The van der Waals surface area contributed by atoms with Gasteiger partial charge in [-0.25, -0.2) is 8.78 Å². The summed E-state index contributed by atoms with van der Waals surface area (Å²) in [7, 11) is 0. The fourth-order valence-electron chi connectivity index (χ4n) is 1.19. The molecule has 0 spiro atoms. The molecule has 0 aliphatic rings. The van der Waals surface area contributed by atoms with Crippen molar-refractivity contribution in [3.8, 4) is 0 Å². The number of halogens is 3. The molecule has 1 aromatic carbocycles. The number of carbonyl (C=O) groups is 3. The fraction of sp³-hybridized carbons (Fsp3) is 0.182. The van der Waals surface area contributed by atoms with E-state index in [1.54, 1.807) is 0 Å². The second-order valence-corrected chi connectivity index (χ2v) is 4.01. The Morgan fingerprint density at radius 1 is 1.10 bits per heavy atom. The topological polar surface area (TPSA) is 95.5 Å². The van der Waals surface area contributed by atoms with Crippen molar-refractivity contribution in [2.45, 2.75) is 0 Å². The summed E-state index contributed by atoms with van der Waals surface area (Å²) in [5.74, 6) is -5.08. The van der Waals surface area contributed by atoms with Crippen molar-refractivity contribution in [2.75, 3.05) is 13.1 Å². The van der Waals surface area contributed by atoms with Gasteiger partial charge in [-0.1, -0.05) is 11.6 Å². The summed E-state index contributed by atoms with van der Waals surface area (Å²) in [6, 6.07) is 1.23. The molecule has 0 saturated carbocycles. The molecular weight excluding hydrogens is 298 g/mol. The van der Waals surface area contributed by atoms with E-state index >= 15 is 0 Å². The maximum absolute atomic E-state index is 13.4. The lowest BCUT2D eigenvalue weighted by atomic mass is 10.2. The molecular formula is C11H9ClF2N2O4. The standard InChI is InChI=1S/C11H9ClF2N2O4/c12-6-2-7(13)5(1-8(6)14)11(20)16-3-9(17)15-4-10(18)19/h1-2H,3-4H2,(H,15,17)(H,16,20)(H,18,19). The Bertz CT molecular complexity index is 566. The molecule has 0 heterocycles. The summed E-state index contributed by atoms with van der Waals surface area (Å²) in [5.41, 5.74) is -0.613. The van der Waals surface area contributed by atoms with Gasteiger partial charge in [0.15, 0.2) is 0 Å². The highest BCUT2D eigenvalue weighted by molar-refractivity contribution is 6.30. The van der Waals surface area contributed by atoms with Gasteiger partial charge in [-0.3, -0.25) is 14.4 Å². The van der Waals surface area contributed by atoms with Crippen molar-refractivity contribution in [1.29, 1.82) is 0 Å². The van der Waals surface area contributed by atoms with Gasteiger partial charge in [-0.05, 0) is 12.1 Å². The smallest absolute Gasteiger partial charge is 0.322 e. The zero-order valence-electron chi connectivity index (χ0n) is 9.87. The first kappa shape index (κ1) is 15.8. The molecule has 0 radical (unpaired) electrons. The average molecular weight is 307 g/mol. The van der Waals surface area contributed by atoms with E-state index in [1.165, 1.54) is 0 Å². The Kier molecular flexibility index (Phi) is 5.39. The Morgan fingerprint density at radius 2 is 1.75 bits per heavy atom. The zero-order valence-corrected chi connectivity index (χ0v) is 10.6. The summed E-state index contributed by atoms with van der Waals surface area (Å²) in [4.78, 5) is 32.8. The molecule has 108 valence electrons. The van der Waals surface area contributed by atoms with E-state index in [-0.39, 0.29) is 0 Å². The molecule has 1 aromatic rings. The van der Waals surface area contributed by atoms with E-state index in [4.69, 9.17) is 16.7 Å². The number of amides is 2. The van der Waals surface area contributed by atoms with Crippen molar-refractivity contribution in [3.63, 3.8) is 0 Å². The summed E-state index contributed by atoms with van der Waals surface area (Å²) in [6.07, 6.45) is 0. The SMILES string of the molecule is O=C(O)CNC(=O)CNC(=O)c1cc(F)c(Cl)cc1F. The number of carbonyl (C=O) groups excluding carboxylic acids is 2. The number of rotatable bonds is 5. The average Bonchev–Trinajstić information content (AvgIpc) is 2.37. The van der Waals surface area contributed by atoms with E-state index in [2.05, 4.69) is 0 Å². The van der Waals surface area contributed by atoms with Gasteiger partial charge in [0, 0.05) is 0 Å². The van der Waals surface area contributed by atoms with Crippen LogP contribution in [0.2, 0.25) is 5.02 Å². The molecule has 9 heteroatoms. The minimum atomic E-state index is -1.25. The van der Waals surface area contributed by atoms with E-state index < -0.39 is 53.1 Å². The summed E-state index contributed by atoms with van der Waals surface area (Å²) in [5, 5.41) is 11.8. The quantitative estimate of drug-likeness (QED) is 0.692. The number of carboxylic acid groups (broad SMARTS) is 1. The highest BCUT2D eigenvalue weighted by atomic mass is 35.5. The highest BCUT2D eigenvalue weighted by Gasteiger charge is 2.16. The number of hydrogen-bond donors (Lipinski definition) is 3. The van der Waals surface area contributed by atoms with Crippen molar-refractivity contribution < 1.29 is 28.3 Å². The van der Waals surface area contributed by atoms with Crippen LogP contribution in [-0.4, -0.2) is 36.0 Å². The third-order valence-corrected chi connectivity index (χ3v) is 2.39. The Morgan fingerprint density at radius 3 is 2.35 bits per heavy atom. The second kappa shape index (κ2) is 6.80. The van der Waals surface area contributed by atoms with Gasteiger partial charge in [0.1, 0.15) is 18.2 Å². The summed E-state index contributed by atoms with van der Waals surface area (Å²) < 4.78 is 26.5. The molecule has 6 nitrogen and oxygen atoms in total. The van der Waals surface area contributed by atoms with Crippen LogP contribution in [0.4, 0.5) is 8.78 Å². The van der Waals surface area contributed by atoms with Crippen molar-refractivity contribution >= 4 is 29.4 Å². The molecule has 0 bridgehead atoms. The molecule has 0 atom stereocenters. The van der Waals surface area contributed by atoms with Gasteiger partial charge in [0.2, 0.25) is 5.91 Å². The minimum Gasteiger partial charge on any atom is -0.480 e. The normalized spacial score (nSPS) is 9.95. The molecule has 0 aliphatic carbocycles. The van der Waals surface area contributed by atoms with Crippen LogP contribution in [0.5, 0.6) is 0 Å². The molecule has 1 rings (SSSR count). The van der Waals surface area contributed by atoms with E-state index in [9.17, 15) is 23.2 Å². The fourth-order valence-corrected chi connectivity index (χ4v) is 1.34. The van der Waals surface area contributed by atoms with Crippen molar-refractivity contribution in [3.05, 3.63) is 34.4 Å². The van der Waals surface area contributed by atoms with Crippen LogP contribution in [-0.2, 0) is 9.59 Å². The maximum Gasteiger partial charge on any atom is 0.322 e. The van der Waals surface area contributed by atoms with Crippen LogP contribution in [0.1, 0.15) is 10.4 Å². The predicted octanol–water partition coefficient (Wildman–Crippen LogP) is 0.549.